The molecule has 0 unspecified atom stereocenters. The molecule has 2 heterocycles. The van der Waals surface area contributed by atoms with Gasteiger partial charge in [0.15, 0.2) is 5.78 Å². The van der Waals surface area contributed by atoms with Crippen LogP contribution in [0.5, 0.6) is 0 Å². The minimum absolute atomic E-state index is 0.293. The van der Waals surface area contributed by atoms with Crippen molar-refractivity contribution in [2.24, 2.45) is 0 Å². The number of ketones is 1. The third kappa shape index (κ3) is 3.05. The number of Topliss-reactive ketones (excluding diaryl/α,β-unsaturated/α-hetero) is 1. The molecule has 4 nitrogen and oxygen atoms in total. The van der Waals surface area contributed by atoms with E-state index in [4.69, 9.17) is 0 Å². The summed E-state index contributed by atoms with van der Waals surface area (Å²) in [6, 6.07) is 2.58. The second-order valence-corrected chi connectivity index (χ2v) is 7.08. The summed E-state index contributed by atoms with van der Waals surface area (Å²) in [5.41, 5.74) is 0.576. The van der Waals surface area contributed by atoms with Gasteiger partial charge >= 0.3 is 0 Å². The van der Waals surface area contributed by atoms with E-state index in [9.17, 15) is 4.79 Å². The molecular weight excluding hydrogens is 262 g/mol. The predicted octanol–water partition coefficient (Wildman–Crippen LogP) is 2.98. The molecule has 0 radical (unpaired) electrons. The Kier molecular flexibility index (Phi) is 4.16. The Labute approximate surface area is 127 Å². The van der Waals surface area contributed by atoms with Crippen molar-refractivity contribution in [2.45, 2.75) is 70.4 Å². The summed E-state index contributed by atoms with van der Waals surface area (Å²) in [6.45, 7) is 6.23. The first-order chi connectivity index (χ1) is 10.1. The van der Waals surface area contributed by atoms with Gasteiger partial charge in [-0.25, -0.2) is 0 Å². The van der Waals surface area contributed by atoms with Crippen LogP contribution in [-0.2, 0) is 11.2 Å². The van der Waals surface area contributed by atoms with Gasteiger partial charge in [-0.05, 0) is 58.7 Å². The maximum Gasteiger partial charge on any atom is 0.158 e. The van der Waals surface area contributed by atoms with E-state index in [2.05, 4.69) is 34.7 Å². The number of carbonyl (C=O) groups is 1. The van der Waals surface area contributed by atoms with Gasteiger partial charge in [-0.15, -0.1) is 0 Å². The fourth-order valence-corrected chi connectivity index (χ4v) is 3.68. The Hall–Kier alpha value is -1.16. The molecule has 3 rings (SSSR count). The van der Waals surface area contributed by atoms with Gasteiger partial charge in [0.2, 0.25) is 0 Å². The fraction of sp³-hybridized carbons (Fsp3) is 0.765. The first-order valence-corrected chi connectivity index (χ1v) is 8.40. The average Bonchev–Trinajstić information content (AvgIpc) is 3.20. The molecule has 0 amide bonds. The minimum atomic E-state index is -0.354. The average molecular weight is 289 g/mol. The van der Waals surface area contributed by atoms with Gasteiger partial charge in [-0.3, -0.25) is 14.4 Å². The van der Waals surface area contributed by atoms with E-state index in [0.717, 1.165) is 18.8 Å². The van der Waals surface area contributed by atoms with Crippen LogP contribution in [0.3, 0.4) is 0 Å². The zero-order valence-corrected chi connectivity index (χ0v) is 13.3. The van der Waals surface area contributed by atoms with Crippen molar-refractivity contribution in [3.8, 4) is 0 Å². The third-order valence-electron chi connectivity index (χ3n) is 5.28. The van der Waals surface area contributed by atoms with E-state index in [-0.39, 0.29) is 5.54 Å². The molecular formula is C17H27N3O. The smallest absolute Gasteiger partial charge is 0.158 e. The van der Waals surface area contributed by atoms with Gasteiger partial charge in [0.25, 0.3) is 0 Å². The van der Waals surface area contributed by atoms with Crippen molar-refractivity contribution < 1.29 is 4.79 Å². The molecule has 1 aromatic rings. The second-order valence-electron chi connectivity index (χ2n) is 7.08. The molecule has 0 bridgehead atoms. The molecule has 4 heteroatoms. The lowest BCUT2D eigenvalue weighted by molar-refractivity contribution is -0.128. The van der Waals surface area contributed by atoms with E-state index in [1.807, 2.05) is 6.07 Å². The summed E-state index contributed by atoms with van der Waals surface area (Å²) in [7, 11) is 0. The molecule has 2 aliphatic rings. The lowest BCUT2D eigenvalue weighted by Gasteiger charge is -2.33. The lowest BCUT2D eigenvalue weighted by atomic mass is 9.94. The summed E-state index contributed by atoms with van der Waals surface area (Å²) in [5, 5.41) is 4.65. The van der Waals surface area contributed by atoms with Crippen molar-refractivity contribution >= 4 is 5.78 Å². The first kappa shape index (κ1) is 14.8. The van der Waals surface area contributed by atoms with Gasteiger partial charge in [0.05, 0.1) is 23.7 Å². The van der Waals surface area contributed by atoms with Gasteiger partial charge in [-0.1, -0.05) is 12.8 Å². The molecule has 1 aromatic heterocycles. The standard InChI is InChI=1S/C17H27N3O/c1-17(2,19-10-5-6-11-19)16(21)13-14-9-12-20(18-14)15-7-3-4-8-15/h9,12,15H,3-8,10-11,13H2,1-2H3. The van der Waals surface area contributed by atoms with Crippen LogP contribution in [0.1, 0.15) is 64.1 Å². The molecule has 2 fully saturated rings. The zero-order chi connectivity index (χ0) is 14.9. The van der Waals surface area contributed by atoms with Crippen molar-refractivity contribution in [3.63, 3.8) is 0 Å². The molecule has 1 saturated heterocycles. The van der Waals surface area contributed by atoms with Crippen molar-refractivity contribution in [1.29, 1.82) is 0 Å². The number of likely N-dealkylation sites (tertiary alicyclic amines) is 1. The van der Waals surface area contributed by atoms with E-state index in [1.54, 1.807) is 0 Å². The lowest BCUT2D eigenvalue weighted by Crippen LogP contribution is -2.49. The minimum Gasteiger partial charge on any atom is -0.297 e. The SMILES string of the molecule is CC(C)(C(=O)Cc1ccn(C2CCCC2)n1)N1CCCC1. The van der Waals surface area contributed by atoms with E-state index in [1.165, 1.54) is 38.5 Å². The molecule has 1 aliphatic heterocycles. The number of carbonyl (C=O) groups excluding carboxylic acids is 1. The Balaban J connectivity index is 1.64. The maximum absolute atomic E-state index is 12.7. The third-order valence-corrected chi connectivity index (χ3v) is 5.28. The van der Waals surface area contributed by atoms with E-state index >= 15 is 0 Å². The Bertz CT molecular complexity index is 494. The molecule has 0 spiro atoms. The number of rotatable bonds is 5. The number of hydrogen-bond donors (Lipinski definition) is 0. The number of aromatic nitrogens is 2. The van der Waals surface area contributed by atoms with Crippen LogP contribution in [0.15, 0.2) is 12.3 Å². The second kappa shape index (κ2) is 5.91. The summed E-state index contributed by atoms with van der Waals surface area (Å²) >= 11 is 0. The molecule has 0 N–H and O–H groups in total. The van der Waals surface area contributed by atoms with Crippen LogP contribution in [-0.4, -0.2) is 39.1 Å². The molecule has 1 saturated carbocycles. The number of nitrogens with zero attached hydrogens (tertiary/aromatic N) is 3. The van der Waals surface area contributed by atoms with Gasteiger partial charge in [0, 0.05) is 6.20 Å². The molecule has 21 heavy (non-hydrogen) atoms. The van der Waals surface area contributed by atoms with Crippen molar-refractivity contribution in [3.05, 3.63) is 18.0 Å². The maximum atomic E-state index is 12.7. The summed E-state index contributed by atoms with van der Waals surface area (Å²) in [4.78, 5) is 15.0. The summed E-state index contributed by atoms with van der Waals surface area (Å²) < 4.78 is 2.08. The summed E-state index contributed by atoms with van der Waals surface area (Å²) in [5.74, 6) is 0.293. The highest BCUT2D eigenvalue weighted by atomic mass is 16.1. The quantitative estimate of drug-likeness (QED) is 0.836. The zero-order valence-electron chi connectivity index (χ0n) is 13.3. The normalized spacial score (nSPS) is 21.2. The summed E-state index contributed by atoms with van der Waals surface area (Å²) in [6.07, 6.45) is 10.0. The highest BCUT2D eigenvalue weighted by Crippen LogP contribution is 2.29. The molecule has 0 atom stereocenters. The van der Waals surface area contributed by atoms with Crippen LogP contribution in [0, 0.1) is 0 Å². The molecule has 0 aromatic carbocycles. The Morgan fingerprint density at radius 1 is 1.24 bits per heavy atom. The van der Waals surface area contributed by atoms with E-state index in [0.29, 0.717) is 18.2 Å². The van der Waals surface area contributed by atoms with Crippen LogP contribution >= 0.6 is 0 Å². The van der Waals surface area contributed by atoms with Crippen LogP contribution in [0.2, 0.25) is 0 Å². The Morgan fingerprint density at radius 2 is 1.90 bits per heavy atom. The van der Waals surface area contributed by atoms with Crippen LogP contribution < -0.4 is 0 Å². The molecule has 116 valence electrons. The van der Waals surface area contributed by atoms with E-state index < -0.39 is 0 Å². The highest BCUT2D eigenvalue weighted by Gasteiger charge is 2.35. The predicted molar refractivity (Wildman–Crippen MR) is 83.3 cm³/mol. The molecule has 1 aliphatic carbocycles. The monoisotopic (exact) mass is 289 g/mol. The topological polar surface area (TPSA) is 38.1 Å². The van der Waals surface area contributed by atoms with Crippen LogP contribution in [0.4, 0.5) is 0 Å². The van der Waals surface area contributed by atoms with Crippen molar-refractivity contribution in [2.75, 3.05) is 13.1 Å². The largest absolute Gasteiger partial charge is 0.297 e. The van der Waals surface area contributed by atoms with Gasteiger partial charge < -0.3 is 0 Å². The van der Waals surface area contributed by atoms with Crippen molar-refractivity contribution in [1.82, 2.24) is 14.7 Å². The Morgan fingerprint density at radius 3 is 2.57 bits per heavy atom. The van der Waals surface area contributed by atoms with Gasteiger partial charge in [-0.2, -0.15) is 5.10 Å². The first-order valence-electron chi connectivity index (χ1n) is 8.40. The van der Waals surface area contributed by atoms with Gasteiger partial charge in [0.1, 0.15) is 0 Å². The van der Waals surface area contributed by atoms with Crippen LogP contribution in [0.25, 0.3) is 0 Å². The highest BCUT2D eigenvalue weighted by molar-refractivity contribution is 5.89. The number of hydrogen-bond acceptors (Lipinski definition) is 3. The fourth-order valence-electron chi connectivity index (χ4n) is 3.68.